The summed E-state index contributed by atoms with van der Waals surface area (Å²) in [6, 6.07) is 16.3. The molecule has 2 heterocycles. The minimum atomic E-state index is -0.104. The molecule has 0 bridgehead atoms. The SMILES string of the molecule is Cc1ccc(-n2cc(C=NCC(C)(C)CN=Cc3cn(-c4ccc(C)cc4)nn3)nn2)cc1. The maximum absolute atomic E-state index is 4.56. The zero-order chi connectivity index (χ0) is 23.3. The van der Waals surface area contributed by atoms with Crippen LogP contribution in [0.25, 0.3) is 11.4 Å². The van der Waals surface area contributed by atoms with Crippen LogP contribution in [0.3, 0.4) is 0 Å². The molecular formula is C25H28N8. The van der Waals surface area contributed by atoms with Crippen LogP contribution in [-0.2, 0) is 0 Å². The molecule has 0 N–H and O–H groups in total. The summed E-state index contributed by atoms with van der Waals surface area (Å²) in [6.45, 7) is 9.63. The van der Waals surface area contributed by atoms with Crippen LogP contribution in [0, 0.1) is 19.3 Å². The zero-order valence-corrected chi connectivity index (χ0v) is 19.4. The maximum atomic E-state index is 4.56. The van der Waals surface area contributed by atoms with Crippen molar-refractivity contribution < 1.29 is 0 Å². The largest absolute Gasteiger partial charge is 0.290 e. The molecule has 0 unspecified atom stereocenters. The van der Waals surface area contributed by atoms with Crippen molar-refractivity contribution in [2.45, 2.75) is 27.7 Å². The Labute approximate surface area is 193 Å². The van der Waals surface area contributed by atoms with Crippen LogP contribution >= 0.6 is 0 Å². The molecule has 0 atom stereocenters. The van der Waals surface area contributed by atoms with Gasteiger partial charge in [-0.3, -0.25) is 9.98 Å². The second kappa shape index (κ2) is 9.68. The summed E-state index contributed by atoms with van der Waals surface area (Å²) < 4.78 is 3.50. The van der Waals surface area contributed by atoms with E-state index in [-0.39, 0.29) is 5.41 Å². The average molecular weight is 441 g/mol. The fourth-order valence-corrected chi connectivity index (χ4v) is 3.14. The molecule has 168 valence electrons. The molecule has 0 aliphatic rings. The van der Waals surface area contributed by atoms with Crippen molar-refractivity contribution in [2.24, 2.45) is 15.4 Å². The van der Waals surface area contributed by atoms with Gasteiger partial charge in [0.15, 0.2) is 0 Å². The van der Waals surface area contributed by atoms with Crippen LogP contribution in [0.2, 0.25) is 0 Å². The first-order valence-electron chi connectivity index (χ1n) is 10.9. The molecule has 0 fully saturated rings. The number of aliphatic imine (C=N–C) groups is 2. The molecule has 0 amide bonds. The predicted octanol–water partition coefficient (Wildman–Crippen LogP) is 4.03. The topological polar surface area (TPSA) is 86.1 Å². The Morgan fingerprint density at radius 1 is 0.697 bits per heavy atom. The second-order valence-corrected chi connectivity index (χ2v) is 8.95. The van der Waals surface area contributed by atoms with E-state index in [0.29, 0.717) is 13.1 Å². The Kier molecular flexibility index (Phi) is 6.53. The lowest BCUT2D eigenvalue weighted by Crippen LogP contribution is -2.19. The minimum Gasteiger partial charge on any atom is -0.290 e. The van der Waals surface area contributed by atoms with Gasteiger partial charge in [-0.25, -0.2) is 9.36 Å². The highest BCUT2D eigenvalue weighted by molar-refractivity contribution is 5.77. The molecule has 0 aliphatic carbocycles. The van der Waals surface area contributed by atoms with Crippen LogP contribution in [0.4, 0.5) is 0 Å². The Morgan fingerprint density at radius 3 is 1.48 bits per heavy atom. The van der Waals surface area contributed by atoms with Gasteiger partial charge in [-0.2, -0.15) is 0 Å². The van der Waals surface area contributed by atoms with Gasteiger partial charge in [0.2, 0.25) is 0 Å². The number of aryl methyl sites for hydroxylation is 2. The molecule has 0 saturated carbocycles. The van der Waals surface area contributed by atoms with E-state index < -0.39 is 0 Å². The molecule has 4 aromatic rings. The van der Waals surface area contributed by atoms with E-state index >= 15 is 0 Å². The third-order valence-electron chi connectivity index (χ3n) is 5.10. The normalized spacial score (nSPS) is 12.2. The highest BCUT2D eigenvalue weighted by atomic mass is 15.4. The maximum Gasteiger partial charge on any atom is 0.124 e. The van der Waals surface area contributed by atoms with Crippen molar-refractivity contribution in [1.82, 2.24) is 30.0 Å². The van der Waals surface area contributed by atoms with Crippen molar-refractivity contribution in [3.8, 4) is 11.4 Å². The summed E-state index contributed by atoms with van der Waals surface area (Å²) in [5.74, 6) is 0. The zero-order valence-electron chi connectivity index (χ0n) is 19.4. The Morgan fingerprint density at radius 2 is 1.09 bits per heavy atom. The van der Waals surface area contributed by atoms with Crippen molar-refractivity contribution in [3.05, 3.63) is 83.4 Å². The van der Waals surface area contributed by atoms with E-state index in [1.165, 1.54) is 11.1 Å². The summed E-state index contributed by atoms with van der Waals surface area (Å²) >= 11 is 0. The molecule has 33 heavy (non-hydrogen) atoms. The number of nitrogens with zero attached hydrogens (tertiary/aromatic N) is 8. The van der Waals surface area contributed by atoms with Gasteiger partial charge in [0, 0.05) is 18.5 Å². The van der Waals surface area contributed by atoms with Crippen molar-refractivity contribution in [3.63, 3.8) is 0 Å². The number of hydrogen-bond donors (Lipinski definition) is 0. The van der Waals surface area contributed by atoms with Crippen LogP contribution in [0.1, 0.15) is 36.4 Å². The fraction of sp³-hybridized carbons (Fsp3) is 0.280. The Bertz CT molecular complexity index is 1150. The highest BCUT2D eigenvalue weighted by Crippen LogP contribution is 2.16. The molecule has 2 aromatic heterocycles. The lowest BCUT2D eigenvalue weighted by Gasteiger charge is -2.18. The van der Waals surface area contributed by atoms with Crippen molar-refractivity contribution in [2.75, 3.05) is 13.1 Å². The number of aromatic nitrogens is 6. The van der Waals surface area contributed by atoms with Gasteiger partial charge in [-0.1, -0.05) is 59.7 Å². The lowest BCUT2D eigenvalue weighted by molar-refractivity contribution is 0.396. The molecule has 8 heteroatoms. The molecule has 0 aliphatic heterocycles. The Balaban J connectivity index is 1.30. The number of hydrogen-bond acceptors (Lipinski definition) is 6. The van der Waals surface area contributed by atoms with E-state index in [2.05, 4.69) is 82.6 Å². The lowest BCUT2D eigenvalue weighted by atomic mass is 9.94. The van der Waals surface area contributed by atoms with Gasteiger partial charge in [0.1, 0.15) is 11.4 Å². The van der Waals surface area contributed by atoms with E-state index in [4.69, 9.17) is 0 Å². The summed E-state index contributed by atoms with van der Waals surface area (Å²) in [5.41, 5.74) is 5.71. The monoisotopic (exact) mass is 440 g/mol. The average Bonchev–Trinajstić information content (AvgIpc) is 3.45. The third-order valence-corrected chi connectivity index (χ3v) is 5.10. The van der Waals surface area contributed by atoms with E-state index in [9.17, 15) is 0 Å². The molecule has 0 saturated heterocycles. The number of benzene rings is 2. The van der Waals surface area contributed by atoms with E-state index in [1.54, 1.807) is 21.8 Å². The fourth-order valence-electron chi connectivity index (χ4n) is 3.14. The van der Waals surface area contributed by atoms with Crippen LogP contribution in [-0.4, -0.2) is 55.5 Å². The Hall–Kier alpha value is -3.94. The number of rotatable bonds is 8. The van der Waals surface area contributed by atoms with Crippen molar-refractivity contribution >= 4 is 12.4 Å². The van der Waals surface area contributed by atoms with Gasteiger partial charge in [0.25, 0.3) is 0 Å². The standard InChI is InChI=1S/C25H28N8/c1-19-5-9-23(10-6-19)32-15-21(28-30-32)13-26-17-25(3,4)18-27-14-22-16-33(31-29-22)24-11-7-20(2)8-12-24/h5-16H,17-18H2,1-4H3. The summed E-state index contributed by atoms with van der Waals surface area (Å²) in [4.78, 5) is 9.13. The van der Waals surface area contributed by atoms with Gasteiger partial charge in [0.05, 0.1) is 36.2 Å². The summed E-state index contributed by atoms with van der Waals surface area (Å²) in [7, 11) is 0. The van der Waals surface area contributed by atoms with Crippen LogP contribution in [0.15, 0.2) is 70.9 Å². The van der Waals surface area contributed by atoms with Crippen molar-refractivity contribution in [1.29, 1.82) is 0 Å². The molecule has 0 spiro atoms. The summed E-state index contributed by atoms with van der Waals surface area (Å²) in [5, 5.41) is 16.7. The first-order chi connectivity index (χ1) is 15.9. The van der Waals surface area contributed by atoms with Gasteiger partial charge >= 0.3 is 0 Å². The van der Waals surface area contributed by atoms with E-state index in [0.717, 1.165) is 22.8 Å². The molecule has 2 aromatic carbocycles. The first kappa shape index (κ1) is 22.3. The van der Waals surface area contributed by atoms with Crippen LogP contribution < -0.4 is 0 Å². The molecule has 8 nitrogen and oxygen atoms in total. The highest BCUT2D eigenvalue weighted by Gasteiger charge is 2.16. The predicted molar refractivity (Wildman–Crippen MR) is 131 cm³/mol. The minimum absolute atomic E-state index is 0.104. The van der Waals surface area contributed by atoms with Gasteiger partial charge in [-0.15, -0.1) is 10.2 Å². The summed E-state index contributed by atoms with van der Waals surface area (Å²) in [6.07, 6.45) is 7.26. The van der Waals surface area contributed by atoms with Gasteiger partial charge in [-0.05, 0) is 38.1 Å². The third kappa shape index (κ3) is 6.06. The van der Waals surface area contributed by atoms with Gasteiger partial charge < -0.3 is 0 Å². The molecule has 4 rings (SSSR count). The molecule has 0 radical (unpaired) electrons. The quantitative estimate of drug-likeness (QED) is 0.387. The molecular weight excluding hydrogens is 412 g/mol. The van der Waals surface area contributed by atoms with E-state index in [1.807, 2.05) is 36.7 Å². The van der Waals surface area contributed by atoms with Crippen LogP contribution in [0.5, 0.6) is 0 Å². The smallest absolute Gasteiger partial charge is 0.124 e. The second-order valence-electron chi connectivity index (χ2n) is 8.95. The first-order valence-corrected chi connectivity index (χ1v) is 10.9.